The van der Waals surface area contributed by atoms with Crippen LogP contribution in [0.4, 0.5) is 5.69 Å². The number of carbonyl (C=O) groups excluding carboxylic acids is 1. The fraction of sp³-hybridized carbons (Fsp3) is 0.316. The highest BCUT2D eigenvalue weighted by Crippen LogP contribution is 2.27. The minimum absolute atomic E-state index is 0.0604. The van der Waals surface area contributed by atoms with E-state index in [9.17, 15) is 4.79 Å². The van der Waals surface area contributed by atoms with Crippen molar-refractivity contribution in [2.24, 2.45) is 0 Å². The second kappa shape index (κ2) is 7.66. The predicted molar refractivity (Wildman–Crippen MR) is 95.3 cm³/mol. The van der Waals surface area contributed by atoms with Gasteiger partial charge in [-0.15, -0.1) is 11.8 Å². The Morgan fingerprint density at radius 2 is 2.00 bits per heavy atom. The summed E-state index contributed by atoms with van der Waals surface area (Å²) in [6, 6.07) is 15.6. The van der Waals surface area contributed by atoms with Crippen LogP contribution >= 0.6 is 11.8 Å². The van der Waals surface area contributed by atoms with Crippen molar-refractivity contribution in [2.75, 3.05) is 17.7 Å². The van der Waals surface area contributed by atoms with Crippen LogP contribution in [-0.4, -0.2) is 24.4 Å². The summed E-state index contributed by atoms with van der Waals surface area (Å²) >= 11 is 1.70. The van der Waals surface area contributed by atoms with E-state index in [1.54, 1.807) is 11.8 Å². The summed E-state index contributed by atoms with van der Waals surface area (Å²) < 4.78 is 5.67. The maximum absolute atomic E-state index is 12.6. The first-order valence-electron chi connectivity index (χ1n) is 7.94. The van der Waals surface area contributed by atoms with E-state index in [4.69, 9.17) is 4.74 Å². The molecule has 1 N–H and O–H groups in total. The summed E-state index contributed by atoms with van der Waals surface area (Å²) in [6.45, 7) is 2.86. The number of ether oxygens (including phenoxy) is 1. The lowest BCUT2D eigenvalue weighted by molar-refractivity contribution is 0.102. The number of para-hydroxylation sites is 1. The third kappa shape index (κ3) is 4.15. The molecule has 1 saturated heterocycles. The van der Waals surface area contributed by atoms with Crippen LogP contribution < -0.4 is 5.32 Å². The maximum atomic E-state index is 12.6. The van der Waals surface area contributed by atoms with Crippen LogP contribution in [-0.2, 0) is 4.74 Å². The van der Waals surface area contributed by atoms with Gasteiger partial charge in [-0.2, -0.15) is 0 Å². The molecule has 23 heavy (non-hydrogen) atoms. The Morgan fingerprint density at radius 3 is 2.78 bits per heavy atom. The maximum Gasteiger partial charge on any atom is 0.256 e. The molecule has 1 aliphatic heterocycles. The van der Waals surface area contributed by atoms with Crippen LogP contribution in [0, 0.1) is 6.92 Å². The fourth-order valence-electron chi connectivity index (χ4n) is 2.64. The molecule has 4 heteroatoms. The number of carbonyl (C=O) groups is 1. The van der Waals surface area contributed by atoms with Gasteiger partial charge in [0.1, 0.15) is 0 Å². The molecule has 1 aliphatic rings. The summed E-state index contributed by atoms with van der Waals surface area (Å²) in [7, 11) is 0. The van der Waals surface area contributed by atoms with E-state index >= 15 is 0 Å². The Hall–Kier alpha value is -1.78. The minimum atomic E-state index is -0.0604. The highest BCUT2D eigenvalue weighted by molar-refractivity contribution is 7.99. The van der Waals surface area contributed by atoms with Gasteiger partial charge >= 0.3 is 0 Å². The van der Waals surface area contributed by atoms with Crippen molar-refractivity contribution in [2.45, 2.75) is 30.8 Å². The number of benzene rings is 2. The molecule has 1 unspecified atom stereocenters. The van der Waals surface area contributed by atoms with Gasteiger partial charge in [-0.1, -0.05) is 30.3 Å². The van der Waals surface area contributed by atoms with E-state index in [0.717, 1.165) is 46.9 Å². The standard InChI is InChI=1S/C19H21NO2S/c1-14-7-2-4-10-17(14)20-19(21)16-9-3-5-11-18(16)23-13-15-8-6-12-22-15/h2-5,7,9-11,15H,6,8,12-13H2,1H3,(H,20,21). The van der Waals surface area contributed by atoms with Gasteiger partial charge in [0.05, 0.1) is 11.7 Å². The Labute approximate surface area is 141 Å². The highest BCUT2D eigenvalue weighted by Gasteiger charge is 2.18. The largest absolute Gasteiger partial charge is 0.377 e. The number of amides is 1. The molecule has 0 saturated carbocycles. The van der Waals surface area contributed by atoms with Crippen LogP contribution in [0.15, 0.2) is 53.4 Å². The topological polar surface area (TPSA) is 38.3 Å². The molecule has 2 aromatic rings. The van der Waals surface area contributed by atoms with Crippen molar-refractivity contribution >= 4 is 23.4 Å². The molecule has 0 spiro atoms. The summed E-state index contributed by atoms with van der Waals surface area (Å²) in [5, 5.41) is 3.01. The third-order valence-corrected chi connectivity index (χ3v) is 5.18. The number of nitrogens with one attached hydrogen (secondary N) is 1. The molecule has 2 aromatic carbocycles. The number of hydrogen-bond donors (Lipinski definition) is 1. The lowest BCUT2D eigenvalue weighted by atomic mass is 10.1. The van der Waals surface area contributed by atoms with Crippen molar-refractivity contribution in [1.29, 1.82) is 0 Å². The van der Waals surface area contributed by atoms with Crippen LogP contribution in [0.2, 0.25) is 0 Å². The zero-order chi connectivity index (χ0) is 16.1. The van der Waals surface area contributed by atoms with Gasteiger partial charge < -0.3 is 10.1 Å². The Bertz CT molecular complexity index is 681. The Morgan fingerprint density at radius 1 is 1.22 bits per heavy atom. The smallest absolute Gasteiger partial charge is 0.256 e. The van der Waals surface area contributed by atoms with Gasteiger partial charge in [0.2, 0.25) is 0 Å². The first-order chi connectivity index (χ1) is 11.2. The fourth-order valence-corrected chi connectivity index (χ4v) is 3.76. The van der Waals surface area contributed by atoms with E-state index in [-0.39, 0.29) is 5.91 Å². The molecule has 1 atom stereocenters. The number of rotatable bonds is 5. The van der Waals surface area contributed by atoms with E-state index in [1.807, 2.05) is 55.5 Å². The number of anilines is 1. The molecular weight excluding hydrogens is 306 g/mol. The van der Waals surface area contributed by atoms with Gasteiger partial charge in [-0.3, -0.25) is 4.79 Å². The lowest BCUT2D eigenvalue weighted by Gasteiger charge is -2.13. The predicted octanol–water partition coefficient (Wildman–Crippen LogP) is 4.52. The summed E-state index contributed by atoms with van der Waals surface area (Å²) in [5.41, 5.74) is 2.64. The molecule has 1 heterocycles. The molecule has 1 amide bonds. The minimum Gasteiger partial charge on any atom is -0.377 e. The number of aryl methyl sites for hydroxylation is 1. The van der Waals surface area contributed by atoms with Gasteiger partial charge in [-0.25, -0.2) is 0 Å². The number of hydrogen-bond acceptors (Lipinski definition) is 3. The van der Waals surface area contributed by atoms with Gasteiger partial charge in [0.25, 0.3) is 5.91 Å². The third-order valence-electron chi connectivity index (χ3n) is 3.97. The molecule has 3 nitrogen and oxygen atoms in total. The quantitative estimate of drug-likeness (QED) is 0.821. The van der Waals surface area contributed by atoms with Gasteiger partial charge in [0, 0.05) is 22.9 Å². The van der Waals surface area contributed by atoms with Crippen LogP contribution in [0.1, 0.15) is 28.8 Å². The molecule has 0 aliphatic carbocycles. The molecular formula is C19H21NO2S. The summed E-state index contributed by atoms with van der Waals surface area (Å²) in [4.78, 5) is 13.6. The van der Waals surface area contributed by atoms with Crippen LogP contribution in [0.5, 0.6) is 0 Å². The van der Waals surface area contributed by atoms with Crippen molar-refractivity contribution in [3.8, 4) is 0 Å². The zero-order valence-electron chi connectivity index (χ0n) is 13.2. The van der Waals surface area contributed by atoms with Gasteiger partial charge in [0.15, 0.2) is 0 Å². The van der Waals surface area contributed by atoms with Gasteiger partial charge in [-0.05, 0) is 43.5 Å². The molecule has 0 bridgehead atoms. The van der Waals surface area contributed by atoms with Crippen molar-refractivity contribution in [3.05, 3.63) is 59.7 Å². The van der Waals surface area contributed by atoms with Crippen LogP contribution in [0.3, 0.4) is 0 Å². The summed E-state index contributed by atoms with van der Waals surface area (Å²) in [5.74, 6) is 0.837. The molecule has 3 rings (SSSR count). The van der Waals surface area contributed by atoms with E-state index < -0.39 is 0 Å². The van der Waals surface area contributed by atoms with E-state index in [1.165, 1.54) is 0 Å². The molecule has 0 aromatic heterocycles. The first-order valence-corrected chi connectivity index (χ1v) is 8.93. The lowest BCUT2D eigenvalue weighted by Crippen LogP contribution is -2.14. The van der Waals surface area contributed by atoms with Crippen molar-refractivity contribution < 1.29 is 9.53 Å². The SMILES string of the molecule is Cc1ccccc1NC(=O)c1ccccc1SCC1CCCO1. The second-order valence-electron chi connectivity index (χ2n) is 5.71. The van der Waals surface area contributed by atoms with Crippen molar-refractivity contribution in [3.63, 3.8) is 0 Å². The molecule has 120 valence electrons. The van der Waals surface area contributed by atoms with E-state index in [0.29, 0.717) is 6.10 Å². The first kappa shape index (κ1) is 16.1. The molecule has 0 radical (unpaired) electrons. The van der Waals surface area contributed by atoms with E-state index in [2.05, 4.69) is 5.32 Å². The van der Waals surface area contributed by atoms with Crippen LogP contribution in [0.25, 0.3) is 0 Å². The summed E-state index contributed by atoms with van der Waals surface area (Å²) in [6.07, 6.45) is 2.57. The zero-order valence-corrected chi connectivity index (χ0v) is 14.1. The highest BCUT2D eigenvalue weighted by atomic mass is 32.2. The average Bonchev–Trinajstić information content (AvgIpc) is 3.09. The van der Waals surface area contributed by atoms with Crippen molar-refractivity contribution in [1.82, 2.24) is 0 Å². The normalized spacial score (nSPS) is 17.2. The number of thioether (sulfide) groups is 1. The molecule has 1 fully saturated rings. The Balaban J connectivity index is 1.71. The Kier molecular flexibility index (Phi) is 5.36. The average molecular weight is 327 g/mol. The second-order valence-corrected chi connectivity index (χ2v) is 6.77. The monoisotopic (exact) mass is 327 g/mol.